The molecule has 1 aromatic carbocycles. The molecule has 0 aromatic heterocycles. The highest BCUT2D eigenvalue weighted by Gasteiger charge is 2.46. The summed E-state index contributed by atoms with van der Waals surface area (Å²) >= 11 is 6.28. The molecule has 2 fully saturated rings. The van der Waals surface area contributed by atoms with E-state index in [-0.39, 0.29) is 5.54 Å². The minimum Gasteiger partial charge on any atom is -0.315 e. The van der Waals surface area contributed by atoms with Crippen LogP contribution in [0.4, 0.5) is 0 Å². The molecule has 1 atom stereocenters. The second-order valence-electron chi connectivity index (χ2n) is 4.90. The van der Waals surface area contributed by atoms with E-state index in [0.717, 1.165) is 18.1 Å². The third-order valence-corrected chi connectivity index (χ3v) is 4.01. The quantitative estimate of drug-likeness (QED) is 0.842. The first kappa shape index (κ1) is 10.6. The van der Waals surface area contributed by atoms with Crippen molar-refractivity contribution in [3.05, 3.63) is 34.9 Å². The van der Waals surface area contributed by atoms with E-state index in [1.807, 2.05) is 12.1 Å². The minimum absolute atomic E-state index is 0.176. The van der Waals surface area contributed by atoms with Gasteiger partial charge < -0.3 is 10.6 Å². The molecule has 1 saturated carbocycles. The largest absolute Gasteiger partial charge is 0.315 e. The van der Waals surface area contributed by atoms with Crippen LogP contribution in [-0.2, 0) is 5.54 Å². The Labute approximate surface area is 101 Å². The molecule has 2 N–H and O–H groups in total. The highest BCUT2D eigenvalue weighted by atomic mass is 35.5. The summed E-state index contributed by atoms with van der Waals surface area (Å²) in [7, 11) is 0. The molecule has 3 rings (SSSR count). The lowest BCUT2D eigenvalue weighted by Crippen LogP contribution is -2.39. The van der Waals surface area contributed by atoms with E-state index in [4.69, 9.17) is 11.6 Å². The van der Waals surface area contributed by atoms with Crippen LogP contribution in [0.25, 0.3) is 0 Å². The molecule has 0 amide bonds. The van der Waals surface area contributed by atoms with Crippen LogP contribution in [0, 0.1) is 0 Å². The first-order chi connectivity index (χ1) is 7.80. The molecule has 16 heavy (non-hydrogen) atoms. The summed E-state index contributed by atoms with van der Waals surface area (Å²) in [5, 5.41) is 8.07. The maximum atomic E-state index is 6.28. The first-order valence-corrected chi connectivity index (χ1v) is 6.41. The molecule has 1 unspecified atom stereocenters. The summed E-state index contributed by atoms with van der Waals surface area (Å²) in [5.74, 6) is 0. The van der Waals surface area contributed by atoms with Crippen molar-refractivity contribution in [1.82, 2.24) is 10.6 Å². The van der Waals surface area contributed by atoms with E-state index in [1.54, 1.807) is 0 Å². The van der Waals surface area contributed by atoms with Crippen molar-refractivity contribution >= 4 is 11.6 Å². The van der Waals surface area contributed by atoms with Crippen LogP contribution in [0.2, 0.25) is 5.02 Å². The Morgan fingerprint density at radius 3 is 2.75 bits per heavy atom. The second-order valence-corrected chi connectivity index (χ2v) is 5.30. The van der Waals surface area contributed by atoms with Crippen LogP contribution in [0.5, 0.6) is 0 Å². The minimum atomic E-state index is 0.176. The SMILES string of the molecule is Clc1ccccc1C1(NC2CCNC2)CC1. The Bertz CT molecular complexity index is 381. The summed E-state index contributed by atoms with van der Waals surface area (Å²) in [6, 6.07) is 8.84. The van der Waals surface area contributed by atoms with Gasteiger partial charge in [0, 0.05) is 23.1 Å². The van der Waals surface area contributed by atoms with E-state index in [2.05, 4.69) is 22.8 Å². The van der Waals surface area contributed by atoms with E-state index in [9.17, 15) is 0 Å². The van der Waals surface area contributed by atoms with Crippen LogP contribution >= 0.6 is 11.6 Å². The maximum Gasteiger partial charge on any atom is 0.0456 e. The van der Waals surface area contributed by atoms with Crippen LogP contribution in [0.15, 0.2) is 24.3 Å². The average molecular weight is 237 g/mol. The summed E-state index contributed by atoms with van der Waals surface area (Å²) in [4.78, 5) is 0. The summed E-state index contributed by atoms with van der Waals surface area (Å²) in [5.41, 5.74) is 1.46. The molecule has 2 nitrogen and oxygen atoms in total. The Balaban J connectivity index is 1.80. The number of rotatable bonds is 3. The molecule has 0 spiro atoms. The van der Waals surface area contributed by atoms with Gasteiger partial charge in [0.05, 0.1) is 0 Å². The van der Waals surface area contributed by atoms with Crippen LogP contribution in [-0.4, -0.2) is 19.1 Å². The second kappa shape index (κ2) is 4.02. The normalized spacial score (nSPS) is 26.9. The number of hydrogen-bond acceptors (Lipinski definition) is 2. The third kappa shape index (κ3) is 1.86. The van der Waals surface area contributed by atoms with E-state index in [1.165, 1.54) is 24.8 Å². The number of nitrogens with one attached hydrogen (secondary N) is 2. The lowest BCUT2D eigenvalue weighted by atomic mass is 10.0. The summed E-state index contributed by atoms with van der Waals surface area (Å²) in [6.07, 6.45) is 3.66. The van der Waals surface area contributed by atoms with Gasteiger partial charge in [0.25, 0.3) is 0 Å². The molecule has 0 bridgehead atoms. The van der Waals surface area contributed by atoms with E-state index < -0.39 is 0 Å². The maximum absolute atomic E-state index is 6.28. The van der Waals surface area contributed by atoms with Crippen LogP contribution in [0.3, 0.4) is 0 Å². The Morgan fingerprint density at radius 2 is 2.12 bits per heavy atom. The molecular weight excluding hydrogens is 220 g/mol. The first-order valence-electron chi connectivity index (χ1n) is 6.04. The van der Waals surface area contributed by atoms with Gasteiger partial charge in [0.2, 0.25) is 0 Å². The van der Waals surface area contributed by atoms with Crippen LogP contribution < -0.4 is 10.6 Å². The van der Waals surface area contributed by atoms with Gasteiger partial charge in [-0.25, -0.2) is 0 Å². The predicted molar refractivity (Wildman–Crippen MR) is 66.8 cm³/mol. The van der Waals surface area contributed by atoms with Gasteiger partial charge in [-0.15, -0.1) is 0 Å². The number of halogens is 1. The zero-order chi connectivity index (χ0) is 11.0. The molecule has 2 aliphatic rings. The summed E-state index contributed by atoms with van der Waals surface area (Å²) < 4.78 is 0. The highest BCUT2D eigenvalue weighted by molar-refractivity contribution is 6.31. The zero-order valence-corrected chi connectivity index (χ0v) is 10.1. The lowest BCUT2D eigenvalue weighted by Gasteiger charge is -2.23. The predicted octanol–water partition coefficient (Wildman–Crippen LogP) is 2.28. The molecule has 1 aromatic rings. The van der Waals surface area contributed by atoms with Gasteiger partial charge in [-0.3, -0.25) is 0 Å². The molecule has 1 aliphatic heterocycles. The fourth-order valence-electron chi connectivity index (χ4n) is 2.63. The van der Waals surface area contributed by atoms with Gasteiger partial charge in [-0.1, -0.05) is 29.8 Å². The smallest absolute Gasteiger partial charge is 0.0456 e. The van der Waals surface area contributed by atoms with Gasteiger partial charge in [0.15, 0.2) is 0 Å². The van der Waals surface area contributed by atoms with Gasteiger partial charge in [-0.2, -0.15) is 0 Å². The zero-order valence-electron chi connectivity index (χ0n) is 9.30. The van der Waals surface area contributed by atoms with Gasteiger partial charge in [-0.05, 0) is 37.4 Å². The van der Waals surface area contributed by atoms with Gasteiger partial charge >= 0.3 is 0 Å². The molecule has 3 heteroatoms. The van der Waals surface area contributed by atoms with Crippen molar-refractivity contribution in [3.63, 3.8) is 0 Å². The fraction of sp³-hybridized carbons (Fsp3) is 0.538. The Hall–Kier alpha value is -0.570. The molecule has 86 valence electrons. The monoisotopic (exact) mass is 236 g/mol. The Morgan fingerprint density at radius 1 is 1.31 bits per heavy atom. The van der Waals surface area contributed by atoms with Crippen molar-refractivity contribution in [2.75, 3.05) is 13.1 Å². The molecule has 1 aliphatic carbocycles. The van der Waals surface area contributed by atoms with E-state index in [0.29, 0.717) is 6.04 Å². The summed E-state index contributed by atoms with van der Waals surface area (Å²) in [6.45, 7) is 2.22. The van der Waals surface area contributed by atoms with Crippen LogP contribution in [0.1, 0.15) is 24.8 Å². The van der Waals surface area contributed by atoms with Crippen molar-refractivity contribution in [1.29, 1.82) is 0 Å². The Kier molecular flexibility index (Phi) is 2.66. The third-order valence-electron chi connectivity index (χ3n) is 3.68. The topological polar surface area (TPSA) is 24.1 Å². The highest BCUT2D eigenvalue weighted by Crippen LogP contribution is 2.48. The van der Waals surface area contributed by atoms with Crippen molar-refractivity contribution in [2.24, 2.45) is 0 Å². The standard InChI is InChI=1S/C13H17ClN2/c14-12-4-2-1-3-11(12)13(6-7-13)16-10-5-8-15-9-10/h1-4,10,15-16H,5-9H2. The van der Waals surface area contributed by atoms with E-state index >= 15 is 0 Å². The average Bonchev–Trinajstić information content (AvgIpc) is 2.87. The molecule has 1 heterocycles. The number of hydrogen-bond donors (Lipinski definition) is 2. The molecular formula is C13H17ClN2. The number of benzene rings is 1. The molecule has 0 radical (unpaired) electrons. The fourth-order valence-corrected chi connectivity index (χ4v) is 2.95. The van der Waals surface area contributed by atoms with Crippen molar-refractivity contribution in [3.8, 4) is 0 Å². The van der Waals surface area contributed by atoms with Gasteiger partial charge in [0.1, 0.15) is 0 Å². The lowest BCUT2D eigenvalue weighted by molar-refractivity contribution is 0.438. The van der Waals surface area contributed by atoms with Crippen molar-refractivity contribution in [2.45, 2.75) is 30.8 Å². The molecule has 1 saturated heterocycles. The van der Waals surface area contributed by atoms with Crippen molar-refractivity contribution < 1.29 is 0 Å².